The molecule has 0 aromatic rings. The van der Waals surface area contributed by atoms with Gasteiger partial charge in [0.1, 0.15) is 0 Å². The molecule has 0 bridgehead atoms. The van der Waals surface area contributed by atoms with E-state index >= 15 is 0 Å². The fourth-order valence-electron chi connectivity index (χ4n) is 0.245. The van der Waals surface area contributed by atoms with Crippen LogP contribution in [0.2, 0.25) is 0 Å². The Labute approximate surface area is 123 Å². The van der Waals surface area contributed by atoms with Crippen molar-refractivity contribution in [2.45, 2.75) is 28.1 Å². The molecule has 0 radical (unpaired) electrons. The molecule has 9 nitrogen and oxygen atoms in total. The zero-order valence-electron chi connectivity index (χ0n) is 8.69. The minimum Gasteiger partial charge on any atom is -0.391 e. The third-order valence-electron chi connectivity index (χ3n) is 0.515. The standard InChI is InChI=1S/C4H10O3.2CH4.2H3O3PS/c1-2-7-4(6)3-5;;;2*1-4(2,3)5/h4-6H,2-3H2,1H3;2*1H4;2*(H3,1,2,3,5). The summed E-state index contributed by atoms with van der Waals surface area (Å²) in [5.74, 6) is 0. The first-order valence-corrected chi connectivity index (χ1v) is 9.10. The van der Waals surface area contributed by atoms with Gasteiger partial charge in [0.15, 0.2) is 6.29 Å². The van der Waals surface area contributed by atoms with Crippen LogP contribution in [0.4, 0.5) is 0 Å². The summed E-state index contributed by atoms with van der Waals surface area (Å²) in [7, 11) is 0. The summed E-state index contributed by atoms with van der Waals surface area (Å²) in [6, 6.07) is 0. The number of aliphatic hydroxyl groups excluding tert-OH is 2. The predicted octanol–water partition coefficient (Wildman–Crippen LogP) is -1.02. The molecule has 1 unspecified atom stereocenters. The molecule has 8 N–H and O–H groups in total. The van der Waals surface area contributed by atoms with Gasteiger partial charge in [-0.3, -0.25) is 0 Å². The van der Waals surface area contributed by atoms with Crippen LogP contribution in [-0.2, 0) is 28.4 Å². The second-order valence-electron chi connectivity index (χ2n) is 2.12. The summed E-state index contributed by atoms with van der Waals surface area (Å²) in [6.07, 6.45) is -0.995. The van der Waals surface area contributed by atoms with Gasteiger partial charge in [-0.05, 0) is 30.5 Å². The number of ether oxygens (including phenoxy) is 1. The second-order valence-corrected chi connectivity index (χ2v) is 7.11. The maximum absolute atomic E-state index is 8.39. The Morgan fingerprint density at radius 1 is 0.947 bits per heavy atom. The lowest BCUT2D eigenvalue weighted by molar-refractivity contribution is -0.120. The molecule has 1 atom stereocenters. The highest BCUT2D eigenvalue weighted by Crippen LogP contribution is 2.26. The van der Waals surface area contributed by atoms with Crippen LogP contribution in [0.5, 0.6) is 0 Å². The smallest absolute Gasteiger partial charge is 0.319 e. The van der Waals surface area contributed by atoms with Crippen LogP contribution in [0.1, 0.15) is 21.8 Å². The van der Waals surface area contributed by atoms with E-state index in [2.05, 4.69) is 28.4 Å². The highest BCUT2D eigenvalue weighted by molar-refractivity contribution is 8.06. The average Bonchev–Trinajstić information content (AvgIpc) is 1.98. The van der Waals surface area contributed by atoms with E-state index < -0.39 is 19.7 Å². The van der Waals surface area contributed by atoms with Gasteiger partial charge in [0, 0.05) is 6.61 Å². The fourth-order valence-corrected chi connectivity index (χ4v) is 0.245. The Morgan fingerprint density at radius 3 is 1.21 bits per heavy atom. The molecule has 0 aromatic carbocycles. The molecular weight excluding hydrogens is 342 g/mol. The van der Waals surface area contributed by atoms with Gasteiger partial charge < -0.3 is 44.3 Å². The molecule has 0 heterocycles. The molecule has 0 spiro atoms. The fraction of sp³-hybridized carbons (Fsp3) is 1.00. The predicted molar refractivity (Wildman–Crippen MR) is 80.1 cm³/mol. The van der Waals surface area contributed by atoms with Gasteiger partial charge in [0.05, 0.1) is 6.61 Å². The molecule has 0 aromatic heterocycles. The SMILES string of the molecule is C.C.CCOC(O)CO.OP(O)(O)=S.OP(O)(O)=S. The van der Waals surface area contributed by atoms with Gasteiger partial charge in [0.2, 0.25) is 0 Å². The third-order valence-corrected chi connectivity index (χ3v) is 0.515. The minimum absolute atomic E-state index is 0. The van der Waals surface area contributed by atoms with Crippen LogP contribution in [-0.4, -0.2) is 59.1 Å². The first-order chi connectivity index (χ1) is 7.31. The van der Waals surface area contributed by atoms with Crippen LogP contribution in [0.3, 0.4) is 0 Å². The van der Waals surface area contributed by atoms with Crippen molar-refractivity contribution >= 4 is 37.1 Å². The molecule has 0 rings (SSSR count). The van der Waals surface area contributed by atoms with Crippen molar-refractivity contribution < 1.29 is 44.3 Å². The van der Waals surface area contributed by atoms with Gasteiger partial charge in [-0.2, -0.15) is 0 Å². The molecule has 0 aliphatic rings. The maximum atomic E-state index is 8.39. The molecule has 0 saturated heterocycles. The van der Waals surface area contributed by atoms with Crippen molar-refractivity contribution in [3.05, 3.63) is 0 Å². The third kappa shape index (κ3) is 154. The van der Waals surface area contributed by atoms with E-state index in [-0.39, 0.29) is 21.5 Å². The van der Waals surface area contributed by atoms with E-state index in [1.807, 2.05) is 0 Å². The number of aliphatic hydroxyl groups is 2. The zero-order chi connectivity index (χ0) is 14.7. The molecule has 19 heavy (non-hydrogen) atoms. The van der Waals surface area contributed by atoms with E-state index in [0.29, 0.717) is 6.61 Å². The van der Waals surface area contributed by atoms with Crippen LogP contribution >= 0.6 is 13.4 Å². The maximum Gasteiger partial charge on any atom is 0.319 e. The normalized spacial score (nSPS) is 11.4. The van der Waals surface area contributed by atoms with Gasteiger partial charge in [-0.15, -0.1) is 0 Å². The second kappa shape index (κ2) is 17.0. The Bertz CT molecular complexity index is 217. The first kappa shape index (κ1) is 32.0. The topological polar surface area (TPSA) is 171 Å². The molecule has 0 amide bonds. The monoisotopic (exact) mass is 366 g/mol. The Hall–Kier alpha value is 0.940. The van der Waals surface area contributed by atoms with Crippen molar-refractivity contribution in [3.8, 4) is 0 Å². The van der Waals surface area contributed by atoms with Crippen molar-refractivity contribution in [2.75, 3.05) is 13.2 Å². The minimum atomic E-state index is -3.81. The van der Waals surface area contributed by atoms with E-state index in [1.165, 1.54) is 0 Å². The largest absolute Gasteiger partial charge is 0.391 e. The number of hydrogen-bond donors (Lipinski definition) is 8. The van der Waals surface area contributed by atoms with E-state index in [4.69, 9.17) is 39.6 Å². The molecular formula is C6H24O9P2S2. The highest BCUT2D eigenvalue weighted by atomic mass is 32.5. The summed E-state index contributed by atoms with van der Waals surface area (Å²) in [5, 5.41) is 16.5. The van der Waals surface area contributed by atoms with Crippen LogP contribution in [0, 0.1) is 0 Å². The molecule has 0 saturated carbocycles. The van der Waals surface area contributed by atoms with E-state index in [1.54, 1.807) is 6.92 Å². The van der Waals surface area contributed by atoms with Crippen LogP contribution in [0.25, 0.3) is 0 Å². The van der Waals surface area contributed by atoms with Crippen molar-refractivity contribution in [1.82, 2.24) is 0 Å². The van der Waals surface area contributed by atoms with Gasteiger partial charge in [0.25, 0.3) is 0 Å². The van der Waals surface area contributed by atoms with Crippen LogP contribution in [0.15, 0.2) is 0 Å². The van der Waals surface area contributed by atoms with Crippen LogP contribution < -0.4 is 0 Å². The summed E-state index contributed by atoms with van der Waals surface area (Å²) in [5.41, 5.74) is 0. The Morgan fingerprint density at radius 2 is 1.16 bits per heavy atom. The molecule has 13 heteroatoms. The lowest BCUT2D eigenvalue weighted by Gasteiger charge is -2.03. The first-order valence-electron chi connectivity index (χ1n) is 3.78. The van der Waals surface area contributed by atoms with Gasteiger partial charge in [-0.1, -0.05) is 14.9 Å². The number of hydrogen-bond acceptors (Lipinski definition) is 5. The summed E-state index contributed by atoms with van der Waals surface area (Å²) in [4.78, 5) is 45.3. The van der Waals surface area contributed by atoms with Crippen molar-refractivity contribution in [3.63, 3.8) is 0 Å². The van der Waals surface area contributed by atoms with E-state index in [0.717, 1.165) is 0 Å². The lowest BCUT2D eigenvalue weighted by atomic mass is 10.7. The quantitative estimate of drug-likeness (QED) is 0.227. The molecule has 0 fully saturated rings. The highest BCUT2D eigenvalue weighted by Gasteiger charge is 1.95. The summed E-state index contributed by atoms with van der Waals surface area (Å²) >= 11 is 7.21. The average molecular weight is 366 g/mol. The molecule has 0 aliphatic heterocycles. The van der Waals surface area contributed by atoms with Gasteiger partial charge in [-0.25, -0.2) is 0 Å². The molecule has 124 valence electrons. The van der Waals surface area contributed by atoms with Crippen molar-refractivity contribution in [2.24, 2.45) is 0 Å². The summed E-state index contributed by atoms with van der Waals surface area (Å²) < 4.78 is 4.50. The Balaban J connectivity index is -0.0000000500. The zero-order valence-corrected chi connectivity index (χ0v) is 12.1. The molecule has 0 aliphatic carbocycles. The summed E-state index contributed by atoms with van der Waals surface area (Å²) in [6.45, 7) is -5.76. The van der Waals surface area contributed by atoms with E-state index in [9.17, 15) is 0 Å². The van der Waals surface area contributed by atoms with Gasteiger partial charge >= 0.3 is 13.4 Å². The van der Waals surface area contributed by atoms with Crippen molar-refractivity contribution in [1.29, 1.82) is 0 Å². The number of rotatable bonds is 3. The Kier molecular flexibility index (Phi) is 28.7. The lowest BCUT2D eigenvalue weighted by Crippen LogP contribution is -2.15.